The zero-order chi connectivity index (χ0) is 11.6. The second-order valence-electron chi connectivity index (χ2n) is 2.72. The largest absolute Gasteiger partial charge is 0.348 e. The molecule has 1 N–H and O–H groups in total. The third-order valence-corrected chi connectivity index (χ3v) is 2.89. The number of nitro benzene ring substituents is 1. The molecule has 0 saturated heterocycles. The molecule has 0 spiro atoms. The zero-order valence-electron chi connectivity index (χ0n) is 7.58. The van der Waals surface area contributed by atoms with Crippen LogP contribution in [0.5, 0.6) is 0 Å². The highest BCUT2D eigenvalue weighted by atomic mass is 79.9. The van der Waals surface area contributed by atoms with Crippen molar-refractivity contribution in [1.29, 1.82) is 0 Å². The van der Waals surface area contributed by atoms with E-state index >= 15 is 0 Å². The van der Waals surface area contributed by atoms with E-state index in [4.69, 9.17) is 12.2 Å². The lowest BCUT2D eigenvalue weighted by atomic mass is 10.3. The molecular formula is C8H6Br2N2O2S. The lowest BCUT2D eigenvalue weighted by molar-refractivity contribution is -0.385. The van der Waals surface area contributed by atoms with Gasteiger partial charge in [-0.2, -0.15) is 0 Å². The molecule has 0 atom stereocenters. The van der Waals surface area contributed by atoms with Crippen LogP contribution in [0.15, 0.2) is 21.1 Å². The lowest BCUT2D eigenvalue weighted by Crippen LogP contribution is -2.05. The predicted octanol–water partition coefficient (Wildman–Crippen LogP) is 3.88. The number of benzene rings is 1. The Morgan fingerprint density at radius 1 is 1.47 bits per heavy atom. The molecule has 0 amide bonds. The van der Waals surface area contributed by atoms with Gasteiger partial charge in [0.1, 0.15) is 0 Å². The van der Waals surface area contributed by atoms with Crippen LogP contribution in [0.25, 0.3) is 0 Å². The molecule has 80 valence electrons. The predicted molar refractivity (Wildman–Crippen MR) is 70.4 cm³/mol. The van der Waals surface area contributed by atoms with E-state index in [2.05, 4.69) is 37.2 Å². The van der Waals surface area contributed by atoms with Gasteiger partial charge in [-0.3, -0.25) is 10.1 Å². The minimum Gasteiger partial charge on any atom is -0.348 e. The van der Waals surface area contributed by atoms with Crippen LogP contribution in [0, 0.1) is 10.1 Å². The monoisotopic (exact) mass is 352 g/mol. The van der Waals surface area contributed by atoms with Gasteiger partial charge in [-0.1, -0.05) is 12.2 Å². The number of nitro groups is 1. The maximum absolute atomic E-state index is 10.6. The van der Waals surface area contributed by atoms with E-state index in [1.54, 1.807) is 6.92 Å². The molecule has 15 heavy (non-hydrogen) atoms. The number of thiocarbonyl (C=S) groups is 1. The molecule has 0 aliphatic rings. The second-order valence-corrected chi connectivity index (χ2v) is 5.04. The third kappa shape index (κ3) is 3.22. The van der Waals surface area contributed by atoms with Crippen molar-refractivity contribution in [2.45, 2.75) is 6.92 Å². The molecular weight excluding hydrogens is 348 g/mol. The Kier molecular flexibility index (Phi) is 4.18. The number of nitrogens with zero attached hydrogens (tertiary/aromatic N) is 1. The van der Waals surface area contributed by atoms with Crippen LogP contribution in [0.3, 0.4) is 0 Å². The smallest absolute Gasteiger partial charge is 0.271 e. The summed E-state index contributed by atoms with van der Waals surface area (Å²) in [5.74, 6) is 0. The van der Waals surface area contributed by atoms with Crippen molar-refractivity contribution in [2.24, 2.45) is 0 Å². The topological polar surface area (TPSA) is 55.2 Å². The fourth-order valence-electron chi connectivity index (χ4n) is 0.961. The standard InChI is InChI=1S/C8H6Br2N2O2S/c1-4(15)11-8-6(9)2-5(12(13)14)3-7(8)10/h2-3H,1H3,(H,11,15). The molecule has 0 heterocycles. The molecule has 7 heteroatoms. The molecule has 0 fully saturated rings. The minimum atomic E-state index is -0.455. The van der Waals surface area contributed by atoms with Gasteiger partial charge in [-0.05, 0) is 38.8 Å². The van der Waals surface area contributed by atoms with Crippen LogP contribution in [0.4, 0.5) is 11.4 Å². The molecule has 1 aromatic rings. The van der Waals surface area contributed by atoms with E-state index in [9.17, 15) is 10.1 Å². The molecule has 0 radical (unpaired) electrons. The summed E-state index contributed by atoms with van der Waals surface area (Å²) in [5.41, 5.74) is 0.703. The summed E-state index contributed by atoms with van der Waals surface area (Å²) < 4.78 is 1.18. The fraction of sp³-hybridized carbons (Fsp3) is 0.125. The van der Waals surface area contributed by atoms with Crippen molar-refractivity contribution in [1.82, 2.24) is 0 Å². The van der Waals surface area contributed by atoms with Gasteiger partial charge in [-0.25, -0.2) is 0 Å². The van der Waals surface area contributed by atoms with Crippen molar-refractivity contribution >= 4 is 60.4 Å². The van der Waals surface area contributed by atoms with Gasteiger partial charge in [0.15, 0.2) is 0 Å². The van der Waals surface area contributed by atoms with E-state index in [-0.39, 0.29) is 5.69 Å². The molecule has 0 bridgehead atoms. The van der Waals surface area contributed by atoms with Gasteiger partial charge in [0.2, 0.25) is 0 Å². The maximum Gasteiger partial charge on any atom is 0.271 e. The Bertz CT molecular complexity index is 414. The molecule has 0 saturated carbocycles. The highest BCUT2D eigenvalue weighted by Gasteiger charge is 2.13. The van der Waals surface area contributed by atoms with Gasteiger partial charge < -0.3 is 5.32 Å². The van der Waals surface area contributed by atoms with Crippen LogP contribution in [-0.4, -0.2) is 9.91 Å². The van der Waals surface area contributed by atoms with Gasteiger partial charge in [0, 0.05) is 21.1 Å². The van der Waals surface area contributed by atoms with E-state index < -0.39 is 4.92 Å². The molecule has 0 aliphatic carbocycles. The SMILES string of the molecule is CC(=S)Nc1c(Br)cc([N+](=O)[O-])cc1Br. The first-order chi connectivity index (χ1) is 6.91. The maximum atomic E-state index is 10.6. The Labute approximate surface area is 108 Å². The molecule has 1 rings (SSSR count). The van der Waals surface area contributed by atoms with Crippen LogP contribution in [-0.2, 0) is 0 Å². The Balaban J connectivity index is 3.21. The first kappa shape index (κ1) is 12.5. The quantitative estimate of drug-likeness (QED) is 0.498. The summed E-state index contributed by atoms with van der Waals surface area (Å²) in [5, 5.41) is 13.5. The number of hydrogen-bond acceptors (Lipinski definition) is 3. The van der Waals surface area contributed by atoms with Gasteiger partial charge in [-0.15, -0.1) is 0 Å². The average Bonchev–Trinajstić information content (AvgIpc) is 2.10. The Hall–Kier alpha value is -0.530. The van der Waals surface area contributed by atoms with Crippen molar-refractivity contribution in [3.8, 4) is 0 Å². The zero-order valence-corrected chi connectivity index (χ0v) is 11.6. The molecule has 0 unspecified atom stereocenters. The number of non-ortho nitro benzene ring substituents is 1. The summed E-state index contributed by atoms with van der Waals surface area (Å²) in [6, 6.07) is 2.84. The van der Waals surface area contributed by atoms with Gasteiger partial charge in [0.25, 0.3) is 5.69 Å². The Morgan fingerprint density at radius 3 is 2.27 bits per heavy atom. The van der Waals surface area contributed by atoms with Crippen LogP contribution >= 0.6 is 44.1 Å². The number of halogens is 2. The van der Waals surface area contributed by atoms with Crippen molar-refractivity contribution < 1.29 is 4.92 Å². The van der Waals surface area contributed by atoms with Crippen LogP contribution < -0.4 is 5.32 Å². The molecule has 4 nitrogen and oxygen atoms in total. The molecule has 1 aromatic carbocycles. The molecule has 0 aromatic heterocycles. The fourth-order valence-corrected chi connectivity index (χ4v) is 2.42. The van der Waals surface area contributed by atoms with E-state index in [0.29, 0.717) is 19.6 Å². The summed E-state index contributed by atoms with van der Waals surface area (Å²) in [6.45, 7) is 1.73. The van der Waals surface area contributed by atoms with E-state index in [0.717, 1.165) is 0 Å². The molecule has 0 aliphatic heterocycles. The summed E-state index contributed by atoms with van der Waals surface area (Å²) in [7, 11) is 0. The second kappa shape index (κ2) is 5.00. The van der Waals surface area contributed by atoms with E-state index in [1.807, 2.05) is 0 Å². The number of anilines is 1. The number of rotatable bonds is 2. The first-order valence-corrected chi connectivity index (χ1v) is 5.82. The normalized spacial score (nSPS) is 9.80. The third-order valence-electron chi connectivity index (χ3n) is 1.54. The lowest BCUT2D eigenvalue weighted by Gasteiger charge is -2.08. The van der Waals surface area contributed by atoms with Crippen LogP contribution in [0.1, 0.15) is 6.92 Å². The van der Waals surface area contributed by atoms with Crippen LogP contribution in [0.2, 0.25) is 0 Å². The average molecular weight is 354 g/mol. The van der Waals surface area contributed by atoms with E-state index in [1.165, 1.54) is 12.1 Å². The number of nitrogens with one attached hydrogen (secondary N) is 1. The highest BCUT2D eigenvalue weighted by Crippen LogP contribution is 2.35. The summed E-state index contributed by atoms with van der Waals surface area (Å²) >= 11 is 11.4. The van der Waals surface area contributed by atoms with Crippen molar-refractivity contribution in [3.05, 3.63) is 31.2 Å². The Morgan fingerprint density at radius 2 is 1.93 bits per heavy atom. The van der Waals surface area contributed by atoms with Gasteiger partial charge in [0.05, 0.1) is 15.6 Å². The van der Waals surface area contributed by atoms with Crippen molar-refractivity contribution in [3.63, 3.8) is 0 Å². The minimum absolute atomic E-state index is 0.0151. The first-order valence-electron chi connectivity index (χ1n) is 3.83. The number of hydrogen-bond donors (Lipinski definition) is 1. The highest BCUT2D eigenvalue weighted by molar-refractivity contribution is 9.11. The van der Waals surface area contributed by atoms with Crippen molar-refractivity contribution in [2.75, 3.05) is 5.32 Å². The van der Waals surface area contributed by atoms with Gasteiger partial charge >= 0.3 is 0 Å². The summed E-state index contributed by atoms with van der Waals surface area (Å²) in [6.07, 6.45) is 0. The summed E-state index contributed by atoms with van der Waals surface area (Å²) in [4.78, 5) is 10.7.